The molecule has 0 fully saturated rings. The highest BCUT2D eigenvalue weighted by Crippen LogP contribution is 2.49. The number of hydrogen-bond donors (Lipinski definition) is 0. The Hall–Kier alpha value is -1.97. The summed E-state index contributed by atoms with van der Waals surface area (Å²) in [5.41, 5.74) is -14.7. The van der Waals surface area contributed by atoms with E-state index in [0.29, 0.717) is 0 Å². The molecule has 0 heterocycles. The summed E-state index contributed by atoms with van der Waals surface area (Å²) in [5, 5.41) is 0. The first kappa shape index (κ1) is 24.0. The van der Waals surface area contributed by atoms with Crippen LogP contribution in [0.15, 0.2) is 0 Å². The molecule has 0 atom stereocenters. The van der Waals surface area contributed by atoms with Crippen molar-refractivity contribution in [3.05, 3.63) is 0 Å². The monoisotopic (exact) mass is 422 g/mol. The molecular formula is C9F14O3. The van der Waals surface area contributed by atoms with Crippen LogP contribution in [0.2, 0.25) is 0 Å². The van der Waals surface area contributed by atoms with Crippen molar-refractivity contribution in [1.29, 1.82) is 0 Å². The molecule has 0 saturated carbocycles. The molecule has 0 spiro atoms. The molecule has 0 rings (SSSR count). The first-order valence-corrected chi connectivity index (χ1v) is 5.26. The minimum Gasteiger partial charge on any atom is -0.286 e. The normalized spacial score (nSPS) is 15.0. The van der Waals surface area contributed by atoms with Gasteiger partial charge in [-0.1, -0.05) is 0 Å². The molecule has 26 heavy (non-hydrogen) atoms. The summed E-state index contributed by atoms with van der Waals surface area (Å²) < 4.78 is 172. The first-order valence-electron chi connectivity index (χ1n) is 5.26. The van der Waals surface area contributed by atoms with Gasteiger partial charge < -0.3 is 0 Å². The van der Waals surface area contributed by atoms with Crippen molar-refractivity contribution < 1.29 is 75.8 Å². The molecule has 0 unspecified atom stereocenters. The van der Waals surface area contributed by atoms with Gasteiger partial charge in [-0.15, -0.1) is 0 Å². The second-order valence-electron chi connectivity index (χ2n) is 4.30. The Morgan fingerprint density at radius 1 is 0.385 bits per heavy atom. The Morgan fingerprint density at radius 2 is 0.538 bits per heavy atom. The van der Waals surface area contributed by atoms with Crippen LogP contribution in [-0.2, 0) is 14.4 Å². The van der Waals surface area contributed by atoms with E-state index < -0.39 is 53.4 Å². The number of hydrogen-bond acceptors (Lipinski definition) is 3. The number of alkyl halides is 14. The van der Waals surface area contributed by atoms with E-state index in [-0.39, 0.29) is 0 Å². The third-order valence-corrected chi connectivity index (χ3v) is 2.60. The number of carbonyl (C=O) groups excluding carboxylic acids is 3. The van der Waals surface area contributed by atoms with Crippen LogP contribution in [0.3, 0.4) is 0 Å². The van der Waals surface area contributed by atoms with Gasteiger partial charge in [0, 0.05) is 0 Å². The minimum absolute atomic E-state index is 4.49. The molecule has 152 valence electrons. The third kappa shape index (κ3) is 3.34. The Bertz CT molecular complexity index is 523. The summed E-state index contributed by atoms with van der Waals surface area (Å²) in [7, 11) is 0. The largest absolute Gasteiger partial charge is 0.439 e. The molecule has 0 saturated heterocycles. The van der Waals surface area contributed by atoms with E-state index >= 15 is 0 Å². The average Bonchev–Trinajstić information content (AvgIpc) is 2.37. The average molecular weight is 422 g/mol. The molecule has 0 radical (unpaired) electrons. The zero-order chi connectivity index (χ0) is 21.7. The van der Waals surface area contributed by atoms with Gasteiger partial charge in [-0.3, -0.25) is 14.4 Å². The molecule has 0 bridgehead atoms. The van der Waals surface area contributed by atoms with E-state index in [2.05, 4.69) is 0 Å². The van der Waals surface area contributed by atoms with Gasteiger partial charge in [0.2, 0.25) is 0 Å². The number of Topliss-reactive ketones (excluding diaryl/α,β-unsaturated/α-hetero) is 3. The summed E-state index contributed by atoms with van der Waals surface area (Å²) in [6, 6.07) is 0. The molecule has 0 aliphatic rings. The van der Waals surface area contributed by atoms with Gasteiger partial charge in [-0.25, -0.2) is 8.78 Å². The Balaban J connectivity index is 6.46. The van der Waals surface area contributed by atoms with Crippen molar-refractivity contribution in [2.45, 2.75) is 36.0 Å². The van der Waals surface area contributed by atoms with Crippen LogP contribution >= 0.6 is 0 Å². The van der Waals surface area contributed by atoms with Crippen molar-refractivity contribution >= 4 is 17.3 Å². The standard InChI is InChI=1S/C9F14O3/c10-4(6(12,13)14,7(15,16)17)2(25)1(24)3(26)5(11,8(18,19)20)9(21,22)23. The van der Waals surface area contributed by atoms with E-state index in [1.807, 2.05) is 0 Å². The summed E-state index contributed by atoms with van der Waals surface area (Å²) in [4.78, 5) is 32.2. The van der Waals surface area contributed by atoms with Gasteiger partial charge in [-0.2, -0.15) is 52.7 Å². The van der Waals surface area contributed by atoms with Gasteiger partial charge in [0.1, 0.15) is 0 Å². The molecule has 0 N–H and O–H groups in total. The van der Waals surface area contributed by atoms with E-state index in [1.54, 1.807) is 0 Å². The number of halogens is 14. The van der Waals surface area contributed by atoms with E-state index in [1.165, 1.54) is 0 Å². The first-order chi connectivity index (χ1) is 11.0. The molecule has 0 aromatic carbocycles. The van der Waals surface area contributed by atoms with E-state index in [0.717, 1.165) is 0 Å². The Labute approximate surface area is 130 Å². The maximum Gasteiger partial charge on any atom is 0.439 e. The van der Waals surface area contributed by atoms with Crippen LogP contribution in [0.1, 0.15) is 0 Å². The highest BCUT2D eigenvalue weighted by atomic mass is 19.4. The summed E-state index contributed by atoms with van der Waals surface area (Å²) in [6.07, 6.45) is -29.7. The second-order valence-corrected chi connectivity index (χ2v) is 4.30. The fourth-order valence-corrected chi connectivity index (χ4v) is 1.25. The van der Waals surface area contributed by atoms with Crippen molar-refractivity contribution in [2.24, 2.45) is 0 Å². The highest BCUT2D eigenvalue weighted by Gasteiger charge is 2.82. The molecule has 0 aliphatic carbocycles. The van der Waals surface area contributed by atoms with Crippen molar-refractivity contribution in [2.75, 3.05) is 0 Å². The lowest BCUT2D eigenvalue weighted by molar-refractivity contribution is -0.325. The van der Waals surface area contributed by atoms with E-state index in [9.17, 15) is 75.8 Å². The van der Waals surface area contributed by atoms with Crippen LogP contribution < -0.4 is 0 Å². The topological polar surface area (TPSA) is 51.2 Å². The van der Waals surface area contributed by atoms with Gasteiger partial charge >= 0.3 is 36.0 Å². The molecular weight excluding hydrogens is 422 g/mol. The molecule has 0 aromatic rings. The molecule has 17 heteroatoms. The van der Waals surface area contributed by atoms with Crippen molar-refractivity contribution in [3.8, 4) is 0 Å². The molecule has 0 aromatic heterocycles. The fraction of sp³-hybridized carbons (Fsp3) is 0.667. The predicted molar refractivity (Wildman–Crippen MR) is 46.9 cm³/mol. The highest BCUT2D eigenvalue weighted by molar-refractivity contribution is 6.67. The maximum absolute atomic E-state index is 13.1. The summed E-state index contributed by atoms with van der Waals surface area (Å²) in [5.74, 6) is -13.9. The van der Waals surface area contributed by atoms with Crippen LogP contribution in [0.4, 0.5) is 61.5 Å². The Kier molecular flexibility index (Phi) is 5.58. The zero-order valence-electron chi connectivity index (χ0n) is 11.0. The van der Waals surface area contributed by atoms with E-state index in [4.69, 9.17) is 0 Å². The maximum atomic E-state index is 13.1. The Morgan fingerprint density at radius 3 is 0.654 bits per heavy atom. The smallest absolute Gasteiger partial charge is 0.286 e. The lowest BCUT2D eigenvalue weighted by atomic mass is 9.87. The number of ketones is 3. The fourth-order valence-electron chi connectivity index (χ4n) is 1.25. The van der Waals surface area contributed by atoms with Gasteiger partial charge in [0.25, 0.3) is 17.3 Å². The molecule has 3 nitrogen and oxygen atoms in total. The van der Waals surface area contributed by atoms with Crippen molar-refractivity contribution in [1.82, 2.24) is 0 Å². The zero-order valence-corrected chi connectivity index (χ0v) is 11.0. The number of carbonyl (C=O) groups is 3. The minimum atomic E-state index is -7.44. The van der Waals surface area contributed by atoms with Crippen LogP contribution in [-0.4, -0.2) is 53.4 Å². The molecule has 0 aliphatic heterocycles. The van der Waals surface area contributed by atoms with Crippen LogP contribution in [0, 0.1) is 0 Å². The predicted octanol–water partition coefficient (Wildman–Crippen LogP) is 3.36. The SMILES string of the molecule is O=C(C(=O)C(F)(C(F)(F)F)C(F)(F)F)C(=O)C(F)(C(F)(F)F)C(F)(F)F. The van der Waals surface area contributed by atoms with Gasteiger partial charge in [0.05, 0.1) is 0 Å². The van der Waals surface area contributed by atoms with Crippen LogP contribution in [0.25, 0.3) is 0 Å². The molecule has 0 amide bonds. The van der Waals surface area contributed by atoms with Crippen molar-refractivity contribution in [3.63, 3.8) is 0 Å². The quantitative estimate of drug-likeness (QED) is 0.397. The van der Waals surface area contributed by atoms with Gasteiger partial charge in [-0.05, 0) is 0 Å². The van der Waals surface area contributed by atoms with Gasteiger partial charge in [0.15, 0.2) is 0 Å². The lowest BCUT2D eigenvalue weighted by Crippen LogP contribution is -2.66. The second kappa shape index (κ2) is 6.04. The third-order valence-electron chi connectivity index (χ3n) is 2.60. The lowest BCUT2D eigenvalue weighted by Gasteiger charge is -2.30. The summed E-state index contributed by atoms with van der Waals surface area (Å²) >= 11 is 0. The van der Waals surface area contributed by atoms with Crippen LogP contribution in [0.5, 0.6) is 0 Å². The number of rotatable bonds is 4. The summed E-state index contributed by atoms with van der Waals surface area (Å²) in [6.45, 7) is 0.